The van der Waals surface area contributed by atoms with Crippen LogP contribution >= 0.6 is 22.7 Å². The molecule has 0 spiro atoms. The number of halogens is 3. The van der Waals surface area contributed by atoms with Crippen LogP contribution in [-0.2, 0) is 43.0 Å². The van der Waals surface area contributed by atoms with Gasteiger partial charge in [-0.3, -0.25) is 15.0 Å². The van der Waals surface area contributed by atoms with Crippen LogP contribution in [0, 0.1) is 5.41 Å². The number of nitrogen functional groups attached to an aromatic ring is 1. The molecule has 0 radical (unpaired) electrons. The zero-order chi connectivity index (χ0) is 54.8. The highest BCUT2D eigenvalue weighted by Gasteiger charge is 2.47. The first-order valence-electron chi connectivity index (χ1n) is 23.5. The molecule has 2 aliphatic heterocycles. The summed E-state index contributed by atoms with van der Waals surface area (Å²) in [6.45, 7) is 1.66. The highest BCUT2D eigenvalue weighted by Crippen LogP contribution is 2.33. The molecule has 0 atom stereocenters. The van der Waals surface area contributed by atoms with Crippen LogP contribution in [0.1, 0.15) is 61.7 Å². The Kier molecular flexibility index (Phi) is 18.5. The van der Waals surface area contributed by atoms with Gasteiger partial charge in [-0.1, -0.05) is 24.3 Å². The lowest BCUT2D eigenvalue weighted by molar-refractivity contribution is -0.0436. The number of ether oxygens (including phenoxy) is 2. The number of nitrogens with one attached hydrogen (secondary N) is 5. The number of sulfone groups is 1. The third kappa shape index (κ3) is 14.3. The lowest BCUT2D eigenvalue weighted by Crippen LogP contribution is -2.42. The van der Waals surface area contributed by atoms with Gasteiger partial charge in [0.15, 0.2) is 0 Å². The third-order valence-corrected chi connectivity index (χ3v) is 20.7. The van der Waals surface area contributed by atoms with Crippen molar-refractivity contribution in [3.8, 4) is 11.5 Å². The van der Waals surface area contributed by atoms with Crippen LogP contribution in [0.25, 0.3) is 0 Å². The minimum Gasteiger partial charge on any atom is -0.497 e. The molecule has 2 amide bonds. The summed E-state index contributed by atoms with van der Waals surface area (Å²) in [7, 11) is -9.74. The number of hydrogen-bond donors (Lipinski definition) is 6. The molecule has 0 unspecified atom stereocenters. The number of amidine groups is 1. The van der Waals surface area contributed by atoms with Gasteiger partial charge in [-0.2, -0.15) is 21.8 Å². The van der Waals surface area contributed by atoms with Gasteiger partial charge in [0.2, 0.25) is 0 Å². The van der Waals surface area contributed by atoms with Crippen LogP contribution in [0.3, 0.4) is 0 Å². The summed E-state index contributed by atoms with van der Waals surface area (Å²) in [5.41, 5.74) is 3.02. The van der Waals surface area contributed by atoms with Gasteiger partial charge in [0.25, 0.3) is 41.7 Å². The number of nitrogens with two attached hydrogens (primary N) is 1. The van der Waals surface area contributed by atoms with Crippen molar-refractivity contribution in [3.05, 3.63) is 148 Å². The molecule has 8 rings (SSSR count). The number of anilines is 2. The smallest absolute Gasteiger partial charge is 0.497 e. The van der Waals surface area contributed by atoms with E-state index in [1.807, 2.05) is 18.2 Å². The van der Waals surface area contributed by atoms with Crippen molar-refractivity contribution in [1.82, 2.24) is 19.2 Å². The maximum absolute atomic E-state index is 13.2. The van der Waals surface area contributed by atoms with Crippen LogP contribution in [0.5, 0.6) is 11.5 Å². The Morgan fingerprint density at radius 2 is 1.03 bits per heavy atom. The second-order valence-electron chi connectivity index (χ2n) is 17.4. The maximum atomic E-state index is 13.2. The van der Waals surface area contributed by atoms with Gasteiger partial charge in [0.1, 0.15) is 25.8 Å². The van der Waals surface area contributed by atoms with Gasteiger partial charge in [-0.25, -0.2) is 25.3 Å². The van der Waals surface area contributed by atoms with Crippen molar-refractivity contribution < 1.29 is 57.5 Å². The van der Waals surface area contributed by atoms with E-state index < -0.39 is 40.3 Å². The molecule has 7 N–H and O–H groups in total. The molecule has 406 valence electrons. The van der Waals surface area contributed by atoms with E-state index in [0.29, 0.717) is 77.5 Å². The zero-order valence-electron chi connectivity index (χ0n) is 41.0. The summed E-state index contributed by atoms with van der Waals surface area (Å²) in [4.78, 5) is 25.5. The topological polar surface area (TPSA) is 259 Å². The largest absolute Gasteiger partial charge is 0.501 e. The van der Waals surface area contributed by atoms with E-state index in [0.717, 1.165) is 34.0 Å². The molecule has 4 aromatic carbocycles. The first-order valence-corrected chi connectivity index (χ1v) is 29.5. The first-order chi connectivity index (χ1) is 36.1. The van der Waals surface area contributed by atoms with Crippen molar-refractivity contribution in [3.63, 3.8) is 0 Å². The molecule has 2 aromatic heterocycles. The SMILES string of the molecule is COc1cccc(C(=O)NCc2ccc(S(=O)(=O)N3CCC(Nc4ccc(S(=O)(=O)C(F)(F)F)cc4)CC3)s2)c1.COc1cccc(C(=O)NCc2ccc(S(=O)(=O)N3CCC(Nc4cccc(C(=N)N)c4)CC3)s2)c1. The van der Waals surface area contributed by atoms with Crippen LogP contribution in [0.15, 0.2) is 135 Å². The fraction of sp³-hybridized carbons (Fsp3) is 0.300. The van der Waals surface area contributed by atoms with Crippen molar-refractivity contribution >= 4 is 81.6 Å². The number of carbonyl (C=O) groups is 2. The number of rotatable bonds is 18. The standard InChI is InChI=1S/C25H26F3N3O6S3.C25H29N5O4S2/c1-37-20-4-2-3-17(15-20)24(32)29-16-21-7-10-23(38-21)40(35,36)31-13-11-19(12-14-31)30-18-5-8-22(9-6-18)39(33,34)25(26,27)28;1-34-21-7-3-5-18(15-21)25(31)28-16-22-8-9-23(35-22)36(32,33)30-12-10-19(11-13-30)29-20-6-2-4-17(14-20)24(26)27/h2-10,15,19,30H,11-14,16H2,1H3,(H,29,32);2-9,14-15,19,29H,10-13,16H2,1H3,(H3,26,27)(H,28,31). The number of sulfonamides is 2. The molecule has 76 heavy (non-hydrogen) atoms. The molecule has 0 bridgehead atoms. The molecule has 2 saturated heterocycles. The van der Waals surface area contributed by atoms with Crippen molar-refractivity contribution in [2.75, 3.05) is 51.0 Å². The van der Waals surface area contributed by atoms with Gasteiger partial charge in [0.05, 0.1) is 32.2 Å². The highest BCUT2D eigenvalue weighted by atomic mass is 32.3. The molecule has 26 heteroatoms. The van der Waals surface area contributed by atoms with Crippen molar-refractivity contribution in [1.29, 1.82) is 5.41 Å². The Morgan fingerprint density at radius 3 is 1.45 bits per heavy atom. The predicted molar refractivity (Wildman–Crippen MR) is 285 cm³/mol. The summed E-state index contributed by atoms with van der Waals surface area (Å²) in [6.07, 6.45) is 2.21. The second kappa shape index (κ2) is 24.6. The fourth-order valence-corrected chi connectivity index (χ4v) is 14.7. The number of methoxy groups -OCH3 is 2. The van der Waals surface area contributed by atoms with E-state index in [2.05, 4.69) is 21.3 Å². The number of piperidine rings is 2. The van der Waals surface area contributed by atoms with Crippen molar-refractivity contribution in [2.45, 2.75) is 69.7 Å². The Balaban J connectivity index is 0.000000222. The number of hydrogen-bond acceptors (Lipinski definition) is 15. The van der Waals surface area contributed by atoms with Gasteiger partial charge < -0.3 is 36.5 Å². The van der Waals surface area contributed by atoms with E-state index in [1.54, 1.807) is 72.8 Å². The zero-order valence-corrected chi connectivity index (χ0v) is 45.1. The van der Waals surface area contributed by atoms with E-state index in [4.69, 9.17) is 20.6 Å². The lowest BCUT2D eigenvalue weighted by atomic mass is 10.1. The summed E-state index contributed by atoms with van der Waals surface area (Å²) < 4.78 is 128. The minimum atomic E-state index is -5.42. The molecular weight excluding hydrogens is 1090 g/mol. The second-order valence-corrected chi connectivity index (χ2v) is 26.0. The molecule has 18 nitrogen and oxygen atoms in total. The monoisotopic (exact) mass is 1140 g/mol. The Hall–Kier alpha value is -6.55. The average Bonchev–Trinajstić information content (AvgIpc) is 4.12. The first kappa shape index (κ1) is 57.2. The molecular formula is C50H55F3N8O10S5. The molecule has 0 saturated carbocycles. The highest BCUT2D eigenvalue weighted by molar-refractivity contribution is 7.92. The Bertz CT molecular complexity index is 3360. The van der Waals surface area contributed by atoms with Gasteiger partial charge >= 0.3 is 5.51 Å². The molecule has 2 aliphatic rings. The number of benzene rings is 4. The van der Waals surface area contributed by atoms with Crippen LogP contribution in [-0.4, -0.2) is 110 Å². The third-order valence-electron chi connectivity index (χ3n) is 12.3. The number of nitrogens with zero attached hydrogens (tertiary/aromatic N) is 2. The molecule has 4 heterocycles. The van der Waals surface area contributed by atoms with Gasteiger partial charge in [0, 0.05) is 76.1 Å². The van der Waals surface area contributed by atoms with E-state index in [-0.39, 0.29) is 64.3 Å². The average molecular weight is 1150 g/mol. The Labute approximate surface area is 446 Å². The van der Waals surface area contributed by atoms with Gasteiger partial charge in [-0.15, -0.1) is 22.7 Å². The van der Waals surface area contributed by atoms with Crippen molar-refractivity contribution in [2.24, 2.45) is 5.73 Å². The molecule has 0 aliphatic carbocycles. The predicted octanol–water partition coefficient (Wildman–Crippen LogP) is 7.48. The Morgan fingerprint density at radius 1 is 0.605 bits per heavy atom. The summed E-state index contributed by atoms with van der Waals surface area (Å²) >= 11 is 2.24. The summed E-state index contributed by atoms with van der Waals surface area (Å²) in [6, 6.07) is 31.6. The van der Waals surface area contributed by atoms with E-state index >= 15 is 0 Å². The maximum Gasteiger partial charge on any atom is 0.501 e. The number of carbonyl (C=O) groups excluding carboxylic acids is 2. The van der Waals surface area contributed by atoms with Crippen LogP contribution in [0.2, 0.25) is 0 Å². The summed E-state index contributed by atoms with van der Waals surface area (Å²) in [5.74, 6) is 0.578. The fourth-order valence-electron chi connectivity index (χ4n) is 8.10. The van der Waals surface area contributed by atoms with Gasteiger partial charge in [-0.05, 0) is 123 Å². The quantitative estimate of drug-likeness (QED) is 0.0361. The van der Waals surface area contributed by atoms with Crippen LogP contribution in [0.4, 0.5) is 24.5 Å². The summed E-state index contributed by atoms with van der Waals surface area (Å²) in [5, 5.41) is 19.7. The molecule has 6 aromatic rings. The van der Waals surface area contributed by atoms with Crippen LogP contribution < -0.4 is 36.5 Å². The number of thiophene rings is 2. The van der Waals surface area contributed by atoms with E-state index in [1.165, 1.54) is 52.4 Å². The van der Waals surface area contributed by atoms with E-state index in [9.17, 15) is 48.0 Å². The number of alkyl halides is 3. The minimum absolute atomic E-state index is 0.00902. The molecule has 2 fully saturated rings. The normalized spacial score (nSPS) is 15.2. The lowest BCUT2D eigenvalue weighted by Gasteiger charge is -2.31. The number of amides is 2.